The molecule has 0 amide bonds. The molecule has 4 heterocycles. The SMILES string of the molecule is CN=C(NCC1(N2CCOCC2)CCSC1)NC1CCN(c2cccs2)CC1.I. The van der Waals surface area contributed by atoms with E-state index >= 15 is 0 Å². The summed E-state index contributed by atoms with van der Waals surface area (Å²) in [5, 5.41) is 10.9. The number of thioether (sulfide) groups is 1. The molecule has 0 aromatic carbocycles. The number of nitrogens with one attached hydrogen (secondary N) is 2. The number of rotatable bonds is 5. The number of thiophene rings is 1. The molecule has 2 N–H and O–H groups in total. The summed E-state index contributed by atoms with van der Waals surface area (Å²) in [6.45, 7) is 7.02. The van der Waals surface area contributed by atoms with Gasteiger partial charge in [-0.2, -0.15) is 11.8 Å². The van der Waals surface area contributed by atoms with Crippen LogP contribution in [0.15, 0.2) is 22.5 Å². The first-order valence-electron chi connectivity index (χ1n) is 10.5. The Labute approximate surface area is 200 Å². The molecular formula is C20H34IN5OS2. The molecule has 3 saturated heterocycles. The third-order valence-electron chi connectivity index (χ3n) is 6.23. The fraction of sp³-hybridized carbons (Fsp3) is 0.750. The zero-order valence-corrected chi connectivity index (χ0v) is 21.2. The van der Waals surface area contributed by atoms with Crippen LogP contribution < -0.4 is 15.5 Å². The Morgan fingerprint density at radius 1 is 1.28 bits per heavy atom. The van der Waals surface area contributed by atoms with Crippen LogP contribution in [0.2, 0.25) is 0 Å². The van der Waals surface area contributed by atoms with Crippen molar-refractivity contribution in [2.45, 2.75) is 30.8 Å². The van der Waals surface area contributed by atoms with Gasteiger partial charge in [-0.3, -0.25) is 9.89 Å². The Morgan fingerprint density at radius 2 is 2.07 bits per heavy atom. The van der Waals surface area contributed by atoms with Crippen LogP contribution in [0.5, 0.6) is 0 Å². The number of anilines is 1. The first kappa shape index (κ1) is 23.4. The van der Waals surface area contributed by atoms with Crippen molar-refractivity contribution in [2.75, 3.05) is 69.4 Å². The fourth-order valence-electron chi connectivity index (χ4n) is 4.47. The van der Waals surface area contributed by atoms with Gasteiger partial charge in [-0.05, 0) is 42.5 Å². The zero-order chi connectivity index (χ0) is 19.2. The highest BCUT2D eigenvalue weighted by Gasteiger charge is 2.40. The van der Waals surface area contributed by atoms with E-state index in [0.29, 0.717) is 6.04 Å². The number of aliphatic imine (C=N–C) groups is 1. The van der Waals surface area contributed by atoms with Crippen LogP contribution in [0.25, 0.3) is 0 Å². The molecule has 0 spiro atoms. The first-order chi connectivity index (χ1) is 13.8. The van der Waals surface area contributed by atoms with E-state index in [1.165, 1.54) is 22.9 Å². The van der Waals surface area contributed by atoms with E-state index in [-0.39, 0.29) is 29.5 Å². The quantitative estimate of drug-likeness (QED) is 0.334. The van der Waals surface area contributed by atoms with E-state index in [1.54, 1.807) is 0 Å². The molecule has 0 radical (unpaired) electrons. The summed E-state index contributed by atoms with van der Waals surface area (Å²) in [6.07, 6.45) is 3.56. The van der Waals surface area contributed by atoms with Gasteiger partial charge in [-0.1, -0.05) is 0 Å². The Balaban J connectivity index is 0.00000240. The number of hydrogen-bond donors (Lipinski definition) is 2. The fourth-order valence-corrected chi connectivity index (χ4v) is 6.73. The molecule has 0 bridgehead atoms. The average Bonchev–Trinajstić information content (AvgIpc) is 3.45. The van der Waals surface area contributed by atoms with E-state index < -0.39 is 0 Å². The van der Waals surface area contributed by atoms with Gasteiger partial charge in [-0.25, -0.2) is 0 Å². The van der Waals surface area contributed by atoms with Gasteiger partial charge in [0, 0.05) is 57.1 Å². The standard InChI is InChI=1S/C20H33N5OS2.HI/c1-21-19(23-17-4-7-24(8-5-17)18-3-2-13-28-18)22-15-20(6-14-27-16-20)25-9-11-26-12-10-25;/h2-3,13,17H,4-12,14-16H2,1H3,(H2,21,22,23);1H. The third-order valence-corrected chi connectivity index (χ3v) is 8.39. The van der Waals surface area contributed by atoms with Crippen LogP contribution in [-0.4, -0.2) is 86.9 Å². The minimum absolute atomic E-state index is 0. The smallest absolute Gasteiger partial charge is 0.191 e. The van der Waals surface area contributed by atoms with Crippen molar-refractivity contribution in [3.63, 3.8) is 0 Å². The Hall–Kier alpha value is -0.230. The van der Waals surface area contributed by atoms with Gasteiger partial charge >= 0.3 is 0 Å². The Kier molecular flexibility index (Phi) is 9.22. The predicted molar refractivity (Wildman–Crippen MR) is 137 cm³/mol. The lowest BCUT2D eigenvalue weighted by molar-refractivity contribution is -0.0120. The summed E-state index contributed by atoms with van der Waals surface area (Å²) in [5.74, 6) is 3.42. The molecule has 1 atom stereocenters. The Bertz CT molecular complexity index is 625. The number of ether oxygens (including phenoxy) is 1. The molecular weight excluding hydrogens is 517 g/mol. The maximum Gasteiger partial charge on any atom is 0.191 e. The van der Waals surface area contributed by atoms with Crippen LogP contribution in [0.3, 0.4) is 0 Å². The summed E-state index contributed by atoms with van der Waals surface area (Å²) in [7, 11) is 1.89. The highest BCUT2D eigenvalue weighted by molar-refractivity contribution is 14.0. The van der Waals surface area contributed by atoms with Gasteiger partial charge < -0.3 is 20.3 Å². The van der Waals surface area contributed by atoms with E-state index in [1.807, 2.05) is 18.4 Å². The third kappa shape index (κ3) is 5.93. The highest BCUT2D eigenvalue weighted by atomic mass is 127. The second-order valence-corrected chi connectivity index (χ2v) is 9.94. The second-order valence-electron chi connectivity index (χ2n) is 7.91. The molecule has 3 fully saturated rings. The molecule has 4 rings (SSSR count). The number of nitrogens with zero attached hydrogens (tertiary/aromatic N) is 3. The van der Waals surface area contributed by atoms with Crippen LogP contribution in [0.4, 0.5) is 5.00 Å². The molecule has 0 aliphatic carbocycles. The van der Waals surface area contributed by atoms with Crippen LogP contribution >= 0.6 is 47.1 Å². The van der Waals surface area contributed by atoms with E-state index in [0.717, 1.165) is 64.7 Å². The van der Waals surface area contributed by atoms with E-state index in [2.05, 4.69) is 54.7 Å². The molecule has 1 unspecified atom stereocenters. The summed E-state index contributed by atoms with van der Waals surface area (Å²) >= 11 is 3.92. The average molecular weight is 552 g/mol. The number of guanidine groups is 1. The summed E-state index contributed by atoms with van der Waals surface area (Å²) in [6, 6.07) is 4.87. The number of morpholine rings is 1. The summed E-state index contributed by atoms with van der Waals surface area (Å²) < 4.78 is 5.58. The largest absolute Gasteiger partial charge is 0.379 e. The molecule has 9 heteroatoms. The van der Waals surface area contributed by atoms with Gasteiger partial charge in [0.1, 0.15) is 0 Å². The molecule has 3 aliphatic heterocycles. The van der Waals surface area contributed by atoms with Gasteiger partial charge in [0.15, 0.2) is 5.96 Å². The molecule has 1 aromatic rings. The molecule has 3 aliphatic rings. The van der Waals surface area contributed by atoms with Gasteiger partial charge in [0.25, 0.3) is 0 Å². The molecule has 29 heavy (non-hydrogen) atoms. The molecule has 164 valence electrons. The van der Waals surface area contributed by atoms with Crippen LogP contribution in [0, 0.1) is 0 Å². The van der Waals surface area contributed by atoms with E-state index in [4.69, 9.17) is 4.74 Å². The predicted octanol–water partition coefficient (Wildman–Crippen LogP) is 2.71. The maximum absolute atomic E-state index is 5.58. The van der Waals surface area contributed by atoms with Crippen molar-refractivity contribution < 1.29 is 4.74 Å². The van der Waals surface area contributed by atoms with Crippen LogP contribution in [-0.2, 0) is 4.74 Å². The lowest BCUT2D eigenvalue weighted by Crippen LogP contribution is -2.60. The van der Waals surface area contributed by atoms with Crippen molar-refractivity contribution >= 4 is 58.0 Å². The summed E-state index contributed by atoms with van der Waals surface area (Å²) in [4.78, 5) is 9.67. The minimum atomic E-state index is 0. The van der Waals surface area contributed by atoms with Crippen molar-refractivity contribution in [3.8, 4) is 0 Å². The maximum atomic E-state index is 5.58. The van der Waals surface area contributed by atoms with Crippen molar-refractivity contribution in [1.82, 2.24) is 15.5 Å². The van der Waals surface area contributed by atoms with Crippen LogP contribution in [0.1, 0.15) is 19.3 Å². The van der Waals surface area contributed by atoms with Gasteiger partial charge in [-0.15, -0.1) is 35.3 Å². The second kappa shape index (κ2) is 11.4. The topological polar surface area (TPSA) is 52.1 Å². The lowest BCUT2D eigenvalue weighted by Gasteiger charge is -2.43. The van der Waals surface area contributed by atoms with Gasteiger partial charge in [0.2, 0.25) is 0 Å². The Morgan fingerprint density at radius 3 is 2.69 bits per heavy atom. The van der Waals surface area contributed by atoms with Crippen molar-refractivity contribution in [1.29, 1.82) is 0 Å². The molecule has 0 saturated carbocycles. The minimum Gasteiger partial charge on any atom is -0.379 e. The summed E-state index contributed by atoms with van der Waals surface area (Å²) in [5.41, 5.74) is 0.245. The number of piperidine rings is 1. The van der Waals surface area contributed by atoms with Crippen molar-refractivity contribution in [3.05, 3.63) is 17.5 Å². The first-order valence-corrected chi connectivity index (χ1v) is 12.5. The molecule has 1 aromatic heterocycles. The zero-order valence-electron chi connectivity index (χ0n) is 17.3. The monoisotopic (exact) mass is 551 g/mol. The highest BCUT2D eigenvalue weighted by Crippen LogP contribution is 2.33. The van der Waals surface area contributed by atoms with E-state index in [9.17, 15) is 0 Å². The normalized spacial score (nSPS) is 26.9. The van der Waals surface area contributed by atoms with Crippen molar-refractivity contribution in [2.24, 2.45) is 4.99 Å². The van der Waals surface area contributed by atoms with Gasteiger partial charge in [0.05, 0.1) is 18.2 Å². The lowest BCUT2D eigenvalue weighted by atomic mass is 9.95. The number of halogens is 1. The molecule has 6 nitrogen and oxygen atoms in total. The number of hydrogen-bond acceptors (Lipinski definition) is 6.